The zero-order chi connectivity index (χ0) is 15.2. The number of amides is 1. The molecule has 0 aliphatic carbocycles. The predicted octanol–water partition coefficient (Wildman–Crippen LogP) is 0.707. The Bertz CT molecular complexity index is 688. The van der Waals surface area contributed by atoms with Gasteiger partial charge in [0, 0.05) is 23.9 Å². The molecule has 1 unspecified atom stereocenters. The van der Waals surface area contributed by atoms with E-state index in [2.05, 4.69) is 15.3 Å². The van der Waals surface area contributed by atoms with Gasteiger partial charge in [0.1, 0.15) is 6.04 Å². The molecule has 7 nitrogen and oxygen atoms in total. The van der Waals surface area contributed by atoms with Crippen LogP contribution in [0.2, 0.25) is 0 Å². The van der Waals surface area contributed by atoms with Crippen molar-refractivity contribution in [2.24, 2.45) is 0 Å². The van der Waals surface area contributed by atoms with Gasteiger partial charge in [0.25, 0.3) is 5.91 Å². The minimum Gasteiger partial charge on any atom is -0.480 e. The van der Waals surface area contributed by atoms with E-state index in [0.29, 0.717) is 11.3 Å². The van der Waals surface area contributed by atoms with Crippen LogP contribution in [-0.2, 0) is 11.2 Å². The summed E-state index contributed by atoms with van der Waals surface area (Å²) in [5.74, 6) is -1.69. The average Bonchev–Trinajstić information content (AvgIpc) is 2.99. The molecule has 1 aromatic carbocycles. The van der Waals surface area contributed by atoms with E-state index in [0.717, 1.165) is 0 Å². The quantitative estimate of drug-likeness (QED) is 0.747. The zero-order valence-electron chi connectivity index (χ0n) is 10.9. The summed E-state index contributed by atoms with van der Waals surface area (Å²) in [4.78, 5) is 29.8. The third kappa shape index (κ3) is 3.67. The number of nitrogens with one attached hydrogen (secondary N) is 2. The smallest absolute Gasteiger partial charge is 0.326 e. The molecule has 2 aromatic rings. The molecule has 21 heavy (non-hydrogen) atoms. The lowest BCUT2D eigenvalue weighted by Gasteiger charge is -2.13. The third-order valence-electron chi connectivity index (χ3n) is 2.84. The summed E-state index contributed by atoms with van der Waals surface area (Å²) in [6, 6.07) is 6.90. The van der Waals surface area contributed by atoms with Crippen molar-refractivity contribution in [3.63, 3.8) is 0 Å². The van der Waals surface area contributed by atoms with E-state index < -0.39 is 17.9 Å². The number of carboxylic acid groups (broad SMARTS) is 1. The lowest BCUT2D eigenvalue weighted by atomic mass is 10.1. The number of aromatic amines is 1. The van der Waals surface area contributed by atoms with Crippen molar-refractivity contribution in [1.82, 2.24) is 15.3 Å². The van der Waals surface area contributed by atoms with Crippen LogP contribution in [0.25, 0.3) is 0 Å². The molecule has 0 fully saturated rings. The molecule has 0 aliphatic rings. The molecule has 0 saturated carbocycles. The molecule has 1 heterocycles. The Morgan fingerprint density at radius 3 is 2.90 bits per heavy atom. The van der Waals surface area contributed by atoms with Crippen molar-refractivity contribution in [2.45, 2.75) is 12.5 Å². The number of carboxylic acids is 1. The molecule has 0 aliphatic heterocycles. The van der Waals surface area contributed by atoms with Gasteiger partial charge in [0.15, 0.2) is 0 Å². The Kier molecular flexibility index (Phi) is 4.31. The highest BCUT2D eigenvalue weighted by atomic mass is 16.4. The van der Waals surface area contributed by atoms with Gasteiger partial charge in [-0.05, 0) is 18.2 Å². The first-order chi connectivity index (χ1) is 10.1. The van der Waals surface area contributed by atoms with Crippen LogP contribution in [0, 0.1) is 11.3 Å². The van der Waals surface area contributed by atoms with Crippen LogP contribution in [0.5, 0.6) is 0 Å². The number of hydrogen-bond acceptors (Lipinski definition) is 4. The number of nitrogens with zero attached hydrogens (tertiary/aromatic N) is 2. The summed E-state index contributed by atoms with van der Waals surface area (Å²) in [6.07, 6.45) is 3.03. The van der Waals surface area contributed by atoms with E-state index >= 15 is 0 Å². The highest BCUT2D eigenvalue weighted by molar-refractivity contribution is 5.96. The fourth-order valence-electron chi connectivity index (χ4n) is 1.79. The van der Waals surface area contributed by atoms with Gasteiger partial charge in [-0.2, -0.15) is 5.26 Å². The van der Waals surface area contributed by atoms with Crippen molar-refractivity contribution in [1.29, 1.82) is 5.26 Å². The van der Waals surface area contributed by atoms with Gasteiger partial charge in [0.05, 0.1) is 18.0 Å². The predicted molar refractivity (Wildman–Crippen MR) is 72.3 cm³/mol. The minimum atomic E-state index is -1.14. The van der Waals surface area contributed by atoms with Crippen molar-refractivity contribution in [3.8, 4) is 6.07 Å². The van der Waals surface area contributed by atoms with Crippen LogP contribution in [0.1, 0.15) is 21.6 Å². The summed E-state index contributed by atoms with van der Waals surface area (Å²) >= 11 is 0. The van der Waals surface area contributed by atoms with Crippen LogP contribution in [0.15, 0.2) is 36.8 Å². The molecular formula is C14H12N4O3. The second-order valence-corrected chi connectivity index (χ2v) is 4.34. The number of rotatable bonds is 5. The number of benzene rings is 1. The van der Waals surface area contributed by atoms with Crippen molar-refractivity contribution < 1.29 is 14.7 Å². The number of H-pyrrole nitrogens is 1. The largest absolute Gasteiger partial charge is 0.480 e. The summed E-state index contributed by atoms with van der Waals surface area (Å²) < 4.78 is 0. The fraction of sp³-hybridized carbons (Fsp3) is 0.143. The lowest BCUT2D eigenvalue weighted by Crippen LogP contribution is -2.42. The number of nitriles is 1. The maximum absolute atomic E-state index is 12.0. The van der Waals surface area contributed by atoms with E-state index in [1.807, 2.05) is 6.07 Å². The third-order valence-corrected chi connectivity index (χ3v) is 2.84. The first kappa shape index (κ1) is 14.3. The number of hydrogen-bond donors (Lipinski definition) is 3. The summed E-state index contributed by atoms with van der Waals surface area (Å²) in [7, 11) is 0. The average molecular weight is 284 g/mol. The van der Waals surface area contributed by atoms with Crippen LogP contribution >= 0.6 is 0 Å². The summed E-state index contributed by atoms with van der Waals surface area (Å²) in [6.45, 7) is 0. The van der Waals surface area contributed by atoms with Crippen LogP contribution in [0.4, 0.5) is 0 Å². The van der Waals surface area contributed by atoms with Gasteiger partial charge in [-0.15, -0.1) is 0 Å². The normalized spacial score (nSPS) is 11.4. The second kappa shape index (κ2) is 6.34. The minimum absolute atomic E-state index is 0.0962. The summed E-state index contributed by atoms with van der Waals surface area (Å²) in [5, 5.41) is 20.4. The monoisotopic (exact) mass is 284 g/mol. The maximum Gasteiger partial charge on any atom is 0.326 e. The Hall–Kier alpha value is -3.14. The molecule has 2 rings (SSSR count). The Balaban J connectivity index is 2.11. The molecule has 1 amide bonds. The Morgan fingerprint density at radius 1 is 1.48 bits per heavy atom. The molecule has 106 valence electrons. The topological polar surface area (TPSA) is 119 Å². The highest BCUT2D eigenvalue weighted by Gasteiger charge is 2.21. The molecule has 0 spiro atoms. The van der Waals surface area contributed by atoms with E-state index in [-0.39, 0.29) is 12.0 Å². The Morgan fingerprint density at radius 2 is 2.29 bits per heavy atom. The van der Waals surface area contributed by atoms with Crippen molar-refractivity contribution in [3.05, 3.63) is 53.6 Å². The van der Waals surface area contributed by atoms with E-state index in [1.54, 1.807) is 12.1 Å². The summed E-state index contributed by atoms with van der Waals surface area (Å²) in [5.41, 5.74) is 1.18. The molecular weight excluding hydrogens is 272 g/mol. The van der Waals surface area contributed by atoms with Gasteiger partial charge in [-0.3, -0.25) is 4.79 Å². The molecule has 1 atom stereocenters. The lowest BCUT2D eigenvalue weighted by molar-refractivity contribution is -0.139. The van der Waals surface area contributed by atoms with Crippen molar-refractivity contribution in [2.75, 3.05) is 0 Å². The van der Waals surface area contributed by atoms with Crippen LogP contribution in [-0.4, -0.2) is 33.0 Å². The number of imidazole rings is 1. The van der Waals surface area contributed by atoms with E-state index in [1.165, 1.54) is 24.7 Å². The molecule has 1 aromatic heterocycles. The number of aliphatic carboxylic acids is 1. The van der Waals surface area contributed by atoms with Crippen LogP contribution in [0.3, 0.4) is 0 Å². The van der Waals surface area contributed by atoms with Gasteiger partial charge in [-0.1, -0.05) is 6.07 Å². The van der Waals surface area contributed by atoms with Gasteiger partial charge in [0.2, 0.25) is 0 Å². The molecule has 0 saturated heterocycles. The number of aromatic nitrogens is 2. The molecule has 0 radical (unpaired) electrons. The highest BCUT2D eigenvalue weighted by Crippen LogP contribution is 2.06. The SMILES string of the molecule is N#Cc1cccc(C(=O)NC(Cc2cnc[nH]2)C(=O)O)c1. The fourth-order valence-corrected chi connectivity index (χ4v) is 1.79. The molecule has 7 heteroatoms. The number of carbonyl (C=O) groups excluding carboxylic acids is 1. The number of carbonyl (C=O) groups is 2. The van der Waals surface area contributed by atoms with Gasteiger partial charge < -0.3 is 15.4 Å². The molecule has 0 bridgehead atoms. The van der Waals surface area contributed by atoms with E-state index in [4.69, 9.17) is 10.4 Å². The standard InChI is InChI=1S/C14H12N4O3/c15-6-9-2-1-3-10(4-9)13(19)18-12(14(20)21)5-11-7-16-8-17-11/h1-4,7-8,12H,5H2,(H,16,17)(H,18,19)(H,20,21). The second-order valence-electron chi connectivity index (χ2n) is 4.34. The van der Waals surface area contributed by atoms with Gasteiger partial charge in [-0.25, -0.2) is 9.78 Å². The maximum atomic E-state index is 12.0. The Labute approximate surface area is 120 Å². The first-order valence-corrected chi connectivity index (χ1v) is 6.11. The first-order valence-electron chi connectivity index (χ1n) is 6.11. The van der Waals surface area contributed by atoms with Crippen molar-refractivity contribution >= 4 is 11.9 Å². The van der Waals surface area contributed by atoms with Gasteiger partial charge >= 0.3 is 5.97 Å². The zero-order valence-corrected chi connectivity index (χ0v) is 10.9. The van der Waals surface area contributed by atoms with Crippen LogP contribution < -0.4 is 5.32 Å². The van der Waals surface area contributed by atoms with E-state index in [9.17, 15) is 9.59 Å². The molecule has 3 N–H and O–H groups in total.